The van der Waals surface area contributed by atoms with E-state index in [1.54, 1.807) is 6.92 Å². The maximum Gasteiger partial charge on any atom is 0.147 e. The van der Waals surface area contributed by atoms with Gasteiger partial charge in [0.1, 0.15) is 5.78 Å². The molecule has 0 amide bonds. The molecule has 1 atom stereocenters. The first kappa shape index (κ1) is 10.9. The predicted octanol–water partition coefficient (Wildman–Crippen LogP) is 3.61. The Labute approximate surface area is 94.8 Å². The van der Waals surface area contributed by atoms with Gasteiger partial charge in [0.05, 0.1) is 4.83 Å². The Morgan fingerprint density at radius 1 is 1.46 bits per heavy atom. The van der Waals surface area contributed by atoms with Crippen molar-refractivity contribution in [1.29, 1.82) is 0 Å². The summed E-state index contributed by atoms with van der Waals surface area (Å²) < 4.78 is 0. The Morgan fingerprint density at radius 3 is 2.62 bits per heavy atom. The van der Waals surface area contributed by atoms with E-state index < -0.39 is 0 Å². The van der Waals surface area contributed by atoms with Gasteiger partial charge in [-0.05, 0) is 18.1 Å². The predicted molar refractivity (Wildman–Crippen MR) is 61.4 cm³/mol. The van der Waals surface area contributed by atoms with Crippen LogP contribution in [0.4, 0.5) is 0 Å². The summed E-state index contributed by atoms with van der Waals surface area (Å²) in [4.78, 5) is 11.0. The molecule has 13 heavy (non-hydrogen) atoms. The van der Waals surface area contributed by atoms with E-state index in [1.165, 1.54) is 0 Å². The molecule has 0 heterocycles. The van der Waals surface area contributed by atoms with Gasteiger partial charge < -0.3 is 0 Å². The van der Waals surface area contributed by atoms with Crippen molar-refractivity contribution in [2.45, 2.75) is 17.1 Å². The van der Waals surface area contributed by atoms with Gasteiger partial charge in [-0.25, -0.2) is 0 Å². The number of Topliss-reactive ketones (excluding diaryl/α,β-unsaturated/α-hetero) is 1. The maximum atomic E-state index is 11.2. The summed E-state index contributed by atoms with van der Waals surface area (Å²) in [5, 5.41) is 0.776. The minimum absolute atomic E-state index is 0.133. The lowest BCUT2D eigenvalue weighted by Crippen LogP contribution is -2.03. The monoisotopic (exact) mass is 304 g/mol. The van der Waals surface area contributed by atoms with Crippen LogP contribution in [0.5, 0.6) is 0 Å². The van der Waals surface area contributed by atoms with Crippen molar-refractivity contribution in [2.24, 2.45) is 0 Å². The number of alkyl halides is 2. The van der Waals surface area contributed by atoms with E-state index in [0.717, 1.165) is 16.5 Å². The van der Waals surface area contributed by atoms with Crippen LogP contribution >= 0.6 is 31.9 Å². The molecule has 0 radical (unpaired) electrons. The number of halogens is 2. The fourth-order valence-electron chi connectivity index (χ4n) is 1.12. The molecule has 3 heteroatoms. The van der Waals surface area contributed by atoms with E-state index in [0.29, 0.717) is 0 Å². The number of carbonyl (C=O) groups is 1. The van der Waals surface area contributed by atoms with E-state index in [4.69, 9.17) is 0 Å². The lowest BCUT2D eigenvalue weighted by Gasteiger charge is -2.10. The number of ketones is 1. The quantitative estimate of drug-likeness (QED) is 0.780. The minimum atomic E-state index is -0.179. The SMILES string of the molecule is CC(=O)C(Br)c1ccccc1CBr. The largest absolute Gasteiger partial charge is 0.298 e. The molecule has 1 rings (SSSR count). The fourth-order valence-corrected chi connectivity index (χ4v) is 2.08. The molecule has 1 aromatic carbocycles. The van der Waals surface area contributed by atoms with Crippen LogP contribution in [0, 0.1) is 0 Å². The molecule has 0 aromatic heterocycles. The van der Waals surface area contributed by atoms with Gasteiger partial charge in [-0.2, -0.15) is 0 Å². The van der Waals surface area contributed by atoms with Crippen LogP contribution < -0.4 is 0 Å². The summed E-state index contributed by atoms with van der Waals surface area (Å²) >= 11 is 6.77. The third-order valence-corrected chi connectivity index (χ3v) is 3.57. The Bertz CT molecular complexity index is 310. The molecule has 0 fully saturated rings. The Kier molecular flexibility index (Phi) is 4.13. The van der Waals surface area contributed by atoms with Crippen LogP contribution in [0.1, 0.15) is 22.9 Å². The first-order valence-corrected chi connectivity index (χ1v) is 5.99. The summed E-state index contributed by atoms with van der Waals surface area (Å²) in [5.74, 6) is 0.133. The number of benzene rings is 1. The van der Waals surface area contributed by atoms with Crippen molar-refractivity contribution in [3.8, 4) is 0 Å². The standard InChI is InChI=1S/C10H10Br2O/c1-7(13)10(12)9-5-3-2-4-8(9)6-11/h2-5,10H,6H2,1H3. The number of rotatable bonds is 3. The zero-order chi connectivity index (χ0) is 9.84. The molecule has 0 aliphatic carbocycles. The van der Waals surface area contributed by atoms with Crippen molar-refractivity contribution < 1.29 is 4.79 Å². The van der Waals surface area contributed by atoms with Gasteiger partial charge in [0.15, 0.2) is 0 Å². The maximum absolute atomic E-state index is 11.2. The first-order chi connectivity index (χ1) is 6.16. The second kappa shape index (κ2) is 4.91. The lowest BCUT2D eigenvalue weighted by molar-refractivity contribution is -0.116. The van der Waals surface area contributed by atoms with Crippen LogP contribution in [0.3, 0.4) is 0 Å². The Balaban J connectivity index is 3.05. The molecule has 1 aromatic rings. The second-order valence-electron chi connectivity index (χ2n) is 2.81. The van der Waals surface area contributed by atoms with Crippen LogP contribution in [-0.4, -0.2) is 5.78 Å². The highest BCUT2D eigenvalue weighted by Crippen LogP contribution is 2.27. The smallest absolute Gasteiger partial charge is 0.147 e. The zero-order valence-corrected chi connectivity index (χ0v) is 10.4. The summed E-state index contributed by atoms with van der Waals surface area (Å²) in [5.41, 5.74) is 2.20. The minimum Gasteiger partial charge on any atom is -0.298 e. The molecule has 0 aliphatic rings. The average molecular weight is 306 g/mol. The number of hydrogen-bond acceptors (Lipinski definition) is 1. The third kappa shape index (κ3) is 2.64. The van der Waals surface area contributed by atoms with E-state index in [1.807, 2.05) is 24.3 Å². The van der Waals surface area contributed by atoms with Gasteiger partial charge in [0.2, 0.25) is 0 Å². The van der Waals surface area contributed by atoms with Crippen molar-refractivity contribution in [3.63, 3.8) is 0 Å². The topological polar surface area (TPSA) is 17.1 Å². The molecule has 0 saturated carbocycles. The van der Waals surface area contributed by atoms with Crippen molar-refractivity contribution in [3.05, 3.63) is 35.4 Å². The molecular formula is C10H10Br2O. The molecule has 70 valence electrons. The highest BCUT2D eigenvalue weighted by atomic mass is 79.9. The van der Waals surface area contributed by atoms with Gasteiger partial charge in [0, 0.05) is 5.33 Å². The van der Waals surface area contributed by atoms with Crippen LogP contribution in [-0.2, 0) is 10.1 Å². The van der Waals surface area contributed by atoms with Gasteiger partial charge in [-0.15, -0.1) is 0 Å². The summed E-state index contributed by atoms with van der Waals surface area (Å²) in [6.45, 7) is 1.59. The molecule has 0 N–H and O–H groups in total. The Hall–Kier alpha value is -0.150. The highest BCUT2D eigenvalue weighted by Gasteiger charge is 2.14. The third-order valence-electron chi connectivity index (χ3n) is 1.83. The van der Waals surface area contributed by atoms with E-state index in [2.05, 4.69) is 31.9 Å². The van der Waals surface area contributed by atoms with Gasteiger partial charge in [0.25, 0.3) is 0 Å². The second-order valence-corrected chi connectivity index (χ2v) is 4.28. The molecule has 0 aliphatic heterocycles. The van der Waals surface area contributed by atoms with Crippen molar-refractivity contribution in [2.75, 3.05) is 0 Å². The molecular weight excluding hydrogens is 296 g/mol. The van der Waals surface area contributed by atoms with Gasteiger partial charge in [-0.1, -0.05) is 56.1 Å². The van der Waals surface area contributed by atoms with Gasteiger partial charge in [-0.3, -0.25) is 4.79 Å². The van der Waals surface area contributed by atoms with Crippen LogP contribution in [0.25, 0.3) is 0 Å². The summed E-state index contributed by atoms with van der Waals surface area (Å²) in [6.07, 6.45) is 0. The zero-order valence-electron chi connectivity index (χ0n) is 7.26. The molecule has 0 spiro atoms. The fraction of sp³-hybridized carbons (Fsp3) is 0.300. The molecule has 1 nitrogen and oxygen atoms in total. The van der Waals surface area contributed by atoms with Gasteiger partial charge >= 0.3 is 0 Å². The van der Waals surface area contributed by atoms with E-state index in [-0.39, 0.29) is 10.6 Å². The molecule has 0 saturated heterocycles. The first-order valence-electron chi connectivity index (χ1n) is 3.95. The lowest BCUT2D eigenvalue weighted by atomic mass is 10.0. The number of carbonyl (C=O) groups excluding carboxylic acids is 1. The van der Waals surface area contributed by atoms with Crippen LogP contribution in [0.15, 0.2) is 24.3 Å². The van der Waals surface area contributed by atoms with Crippen LogP contribution in [0.2, 0.25) is 0 Å². The average Bonchev–Trinajstić information content (AvgIpc) is 2.16. The van der Waals surface area contributed by atoms with Crippen molar-refractivity contribution in [1.82, 2.24) is 0 Å². The van der Waals surface area contributed by atoms with E-state index in [9.17, 15) is 4.79 Å². The Morgan fingerprint density at radius 2 is 2.08 bits per heavy atom. The van der Waals surface area contributed by atoms with E-state index >= 15 is 0 Å². The van der Waals surface area contributed by atoms with Crippen molar-refractivity contribution >= 4 is 37.6 Å². The summed E-state index contributed by atoms with van der Waals surface area (Å²) in [7, 11) is 0. The highest BCUT2D eigenvalue weighted by molar-refractivity contribution is 9.09. The molecule has 1 unspecified atom stereocenters. The normalized spacial score (nSPS) is 12.5. The molecule has 0 bridgehead atoms. The summed E-state index contributed by atoms with van der Waals surface area (Å²) in [6, 6.07) is 7.90. The number of hydrogen-bond donors (Lipinski definition) is 0.